The Morgan fingerprint density at radius 3 is 2.47 bits per heavy atom. The molecule has 1 fully saturated rings. The number of aromatic nitrogens is 1. The first-order chi connectivity index (χ1) is 16.0. The topological polar surface area (TPSA) is 79.3 Å². The Labute approximate surface area is 201 Å². The maximum Gasteiger partial charge on any atom is 0.270 e. The van der Waals surface area contributed by atoms with Crippen LogP contribution in [0, 0.1) is 5.92 Å². The molecule has 180 valence electrons. The van der Waals surface area contributed by atoms with E-state index in [1.54, 1.807) is 37.3 Å². The summed E-state index contributed by atoms with van der Waals surface area (Å²) in [7, 11) is 0. The zero-order valence-corrected chi connectivity index (χ0v) is 20.2. The minimum absolute atomic E-state index is 0.109. The van der Waals surface area contributed by atoms with Gasteiger partial charge in [-0.1, -0.05) is 12.1 Å². The third-order valence-corrected chi connectivity index (χ3v) is 7.58. The van der Waals surface area contributed by atoms with E-state index >= 15 is 0 Å². The molecule has 1 heterocycles. The van der Waals surface area contributed by atoms with Crippen molar-refractivity contribution >= 4 is 39.4 Å². The molecule has 2 N–H and O–H groups in total. The van der Waals surface area contributed by atoms with Gasteiger partial charge in [-0.3, -0.25) is 4.79 Å². The lowest BCUT2D eigenvalue weighted by atomic mass is 9.83. The third kappa shape index (κ3) is 5.18. The Hall–Kier alpha value is -2.71. The molecule has 1 aromatic heterocycles. The molecule has 8 heteroatoms. The highest BCUT2D eigenvalue weighted by Crippen LogP contribution is 2.41. The van der Waals surface area contributed by atoms with E-state index in [9.17, 15) is 23.5 Å². The molecule has 0 aliphatic heterocycles. The van der Waals surface area contributed by atoms with E-state index in [0.29, 0.717) is 11.3 Å². The fourth-order valence-corrected chi connectivity index (χ4v) is 5.56. The largest absolute Gasteiger partial charge is 0.386 e. The SMILES string of the molecule is CC(C)(O)c1cc2nc(C3CCC(C=O)CC3)sc2cc1NC(=O)c1cccc(C(C)(F)F)c1. The number of rotatable bonds is 6. The number of fused-ring (bicyclic) bond motifs is 1. The summed E-state index contributed by atoms with van der Waals surface area (Å²) < 4.78 is 28.3. The number of carbonyl (C=O) groups excluding carboxylic acids is 2. The molecular formula is C26H28F2N2O3S. The predicted molar refractivity (Wildman–Crippen MR) is 130 cm³/mol. The molecule has 0 atom stereocenters. The van der Waals surface area contributed by atoms with Crippen molar-refractivity contribution in [3.05, 3.63) is 58.1 Å². The lowest BCUT2D eigenvalue weighted by Gasteiger charge is -2.23. The van der Waals surface area contributed by atoms with Crippen molar-refractivity contribution in [2.45, 2.75) is 63.9 Å². The van der Waals surface area contributed by atoms with Crippen LogP contribution in [0.1, 0.15) is 78.9 Å². The monoisotopic (exact) mass is 486 g/mol. The van der Waals surface area contributed by atoms with Gasteiger partial charge in [0.2, 0.25) is 0 Å². The van der Waals surface area contributed by atoms with Crippen LogP contribution in [0.4, 0.5) is 14.5 Å². The number of aldehydes is 1. The molecule has 0 spiro atoms. The standard InChI is InChI=1S/C26H28F2N2O3S/c1-25(2,33)19-12-21-22(34-24(30-21)16-9-7-15(14-31)8-10-16)13-20(19)29-23(32)17-5-4-6-18(11-17)26(3,27)28/h4-6,11-16,33H,7-10H2,1-3H3,(H,29,32). The molecule has 1 saturated carbocycles. The van der Waals surface area contributed by atoms with Crippen LogP contribution < -0.4 is 5.32 Å². The molecule has 2 aromatic carbocycles. The van der Waals surface area contributed by atoms with Crippen molar-refractivity contribution < 1.29 is 23.5 Å². The number of carbonyl (C=O) groups is 2. The molecule has 0 unspecified atom stereocenters. The highest BCUT2D eigenvalue weighted by atomic mass is 32.1. The Morgan fingerprint density at radius 2 is 1.85 bits per heavy atom. The van der Waals surface area contributed by atoms with E-state index in [2.05, 4.69) is 5.32 Å². The highest BCUT2D eigenvalue weighted by Gasteiger charge is 2.28. The van der Waals surface area contributed by atoms with Crippen molar-refractivity contribution in [3.63, 3.8) is 0 Å². The van der Waals surface area contributed by atoms with E-state index in [1.807, 2.05) is 0 Å². The number of hydrogen-bond acceptors (Lipinski definition) is 5. The summed E-state index contributed by atoms with van der Waals surface area (Å²) in [6.07, 6.45) is 4.57. The summed E-state index contributed by atoms with van der Waals surface area (Å²) >= 11 is 1.54. The smallest absolute Gasteiger partial charge is 0.270 e. The first-order valence-electron chi connectivity index (χ1n) is 11.4. The minimum atomic E-state index is -3.06. The number of benzene rings is 2. The van der Waals surface area contributed by atoms with Crippen molar-refractivity contribution in [2.24, 2.45) is 5.92 Å². The number of thiazole rings is 1. The lowest BCUT2D eigenvalue weighted by molar-refractivity contribution is -0.111. The Bertz CT molecular complexity index is 1220. The summed E-state index contributed by atoms with van der Waals surface area (Å²) in [5, 5.41) is 14.6. The van der Waals surface area contributed by atoms with Crippen LogP contribution in [0.3, 0.4) is 0 Å². The maximum absolute atomic E-state index is 13.7. The summed E-state index contributed by atoms with van der Waals surface area (Å²) in [5.74, 6) is -3.18. The van der Waals surface area contributed by atoms with Crippen molar-refractivity contribution in [2.75, 3.05) is 5.32 Å². The van der Waals surface area contributed by atoms with Gasteiger partial charge in [0.25, 0.3) is 11.8 Å². The summed E-state index contributed by atoms with van der Waals surface area (Å²) in [6.45, 7) is 4.03. The molecule has 3 aromatic rings. The molecule has 0 radical (unpaired) electrons. The fraction of sp³-hybridized carbons (Fsp3) is 0.423. The second-order valence-corrected chi connectivity index (χ2v) is 10.7. The normalized spacial score (nSPS) is 19.2. The predicted octanol–water partition coefficient (Wildman–Crippen LogP) is 6.36. The molecule has 1 aliphatic carbocycles. The number of alkyl halides is 2. The van der Waals surface area contributed by atoms with E-state index in [0.717, 1.165) is 54.1 Å². The van der Waals surface area contributed by atoms with Gasteiger partial charge in [0.15, 0.2) is 0 Å². The number of aliphatic hydroxyl groups is 1. The first kappa shape index (κ1) is 24.4. The van der Waals surface area contributed by atoms with Crippen LogP contribution in [-0.2, 0) is 16.3 Å². The van der Waals surface area contributed by atoms with E-state index in [4.69, 9.17) is 4.98 Å². The summed E-state index contributed by atoms with van der Waals surface area (Å²) in [4.78, 5) is 28.8. The maximum atomic E-state index is 13.7. The second-order valence-electron chi connectivity index (χ2n) is 9.65. The van der Waals surface area contributed by atoms with Gasteiger partial charge in [0.05, 0.1) is 20.8 Å². The molecule has 0 bridgehead atoms. The molecule has 4 rings (SSSR count). The van der Waals surface area contributed by atoms with Crippen LogP contribution in [-0.4, -0.2) is 22.3 Å². The molecular weight excluding hydrogens is 458 g/mol. The molecule has 5 nitrogen and oxygen atoms in total. The van der Waals surface area contributed by atoms with Gasteiger partial charge in [0.1, 0.15) is 6.29 Å². The van der Waals surface area contributed by atoms with Crippen LogP contribution in [0.2, 0.25) is 0 Å². The number of amides is 1. The molecule has 1 aliphatic rings. The Kier molecular flexibility index (Phi) is 6.57. The van der Waals surface area contributed by atoms with Crippen LogP contribution in [0.15, 0.2) is 36.4 Å². The zero-order valence-electron chi connectivity index (χ0n) is 19.4. The van der Waals surface area contributed by atoms with E-state index in [-0.39, 0.29) is 23.0 Å². The van der Waals surface area contributed by atoms with Crippen LogP contribution >= 0.6 is 11.3 Å². The lowest BCUT2D eigenvalue weighted by Crippen LogP contribution is -2.21. The van der Waals surface area contributed by atoms with E-state index in [1.165, 1.54) is 24.3 Å². The molecule has 1 amide bonds. The average Bonchev–Trinajstić information content (AvgIpc) is 3.20. The Morgan fingerprint density at radius 1 is 1.15 bits per heavy atom. The highest BCUT2D eigenvalue weighted by molar-refractivity contribution is 7.18. The van der Waals surface area contributed by atoms with Gasteiger partial charge in [-0.05, 0) is 63.8 Å². The van der Waals surface area contributed by atoms with Gasteiger partial charge < -0.3 is 15.2 Å². The third-order valence-electron chi connectivity index (χ3n) is 6.40. The van der Waals surface area contributed by atoms with Gasteiger partial charge in [-0.2, -0.15) is 0 Å². The van der Waals surface area contributed by atoms with Crippen molar-refractivity contribution in [1.82, 2.24) is 4.98 Å². The molecule has 0 saturated heterocycles. The number of hydrogen-bond donors (Lipinski definition) is 2. The Balaban J connectivity index is 1.66. The first-order valence-corrected chi connectivity index (χ1v) is 12.2. The van der Waals surface area contributed by atoms with E-state index < -0.39 is 17.4 Å². The number of halogens is 2. The molecule has 34 heavy (non-hydrogen) atoms. The fourth-order valence-electron chi connectivity index (χ4n) is 4.41. The zero-order chi connectivity index (χ0) is 24.7. The van der Waals surface area contributed by atoms with Gasteiger partial charge in [-0.25, -0.2) is 13.8 Å². The van der Waals surface area contributed by atoms with Gasteiger partial charge in [0, 0.05) is 41.1 Å². The van der Waals surface area contributed by atoms with Crippen LogP contribution in [0.25, 0.3) is 10.2 Å². The minimum Gasteiger partial charge on any atom is -0.386 e. The quantitative estimate of drug-likeness (QED) is 0.397. The summed E-state index contributed by atoms with van der Waals surface area (Å²) in [5.41, 5.74) is 0.249. The van der Waals surface area contributed by atoms with Crippen LogP contribution in [0.5, 0.6) is 0 Å². The van der Waals surface area contributed by atoms with Crippen molar-refractivity contribution in [3.8, 4) is 0 Å². The number of nitrogens with zero attached hydrogens (tertiary/aromatic N) is 1. The van der Waals surface area contributed by atoms with Gasteiger partial charge in [-0.15, -0.1) is 11.3 Å². The number of nitrogens with one attached hydrogen (secondary N) is 1. The second kappa shape index (κ2) is 9.15. The van der Waals surface area contributed by atoms with Gasteiger partial charge >= 0.3 is 0 Å². The average molecular weight is 487 g/mol. The number of anilines is 1. The summed E-state index contributed by atoms with van der Waals surface area (Å²) in [6, 6.07) is 8.93. The van der Waals surface area contributed by atoms with Crippen molar-refractivity contribution in [1.29, 1.82) is 0 Å².